The second-order valence-electron chi connectivity index (χ2n) is 4.16. The summed E-state index contributed by atoms with van der Waals surface area (Å²) < 4.78 is 56.0. The van der Waals surface area contributed by atoms with Crippen LogP contribution in [0.25, 0.3) is 0 Å². The van der Waals surface area contributed by atoms with Gasteiger partial charge in [0.2, 0.25) is 0 Å². The maximum absolute atomic E-state index is 12.2. The molecule has 0 aliphatic rings. The van der Waals surface area contributed by atoms with E-state index in [-0.39, 0.29) is 22.0 Å². The number of thioether (sulfide) groups is 1. The van der Waals surface area contributed by atoms with Crippen LogP contribution in [0.5, 0.6) is 0 Å². The minimum atomic E-state index is -3.83. The fourth-order valence-corrected chi connectivity index (χ4v) is 3.66. The number of hydrogen-bond donors (Lipinski definition) is 1. The van der Waals surface area contributed by atoms with Crippen LogP contribution >= 0.6 is 11.8 Å². The van der Waals surface area contributed by atoms with Crippen molar-refractivity contribution in [3.63, 3.8) is 0 Å². The van der Waals surface area contributed by atoms with Gasteiger partial charge in [-0.05, 0) is 38.1 Å². The Morgan fingerprint density at radius 2 is 1.86 bits per heavy atom. The number of benzene rings is 1. The van der Waals surface area contributed by atoms with Gasteiger partial charge in [0.05, 0.1) is 0 Å². The third kappa shape index (κ3) is 3.73. The van der Waals surface area contributed by atoms with E-state index < -0.39 is 15.8 Å². The predicted octanol–water partition coefficient (Wildman–Crippen LogP) is 3.41. The molecule has 0 aliphatic heterocycles. The fraction of sp³-hybridized carbons (Fsp3) is 0.250. The highest BCUT2D eigenvalue weighted by atomic mass is 32.2. The van der Waals surface area contributed by atoms with Crippen LogP contribution in [0.2, 0.25) is 0 Å². The quantitative estimate of drug-likeness (QED) is 0.849. The molecule has 0 saturated carbocycles. The maximum atomic E-state index is 12.2. The lowest BCUT2D eigenvalue weighted by molar-refractivity contribution is 0.252. The molecule has 2 rings (SSSR count). The Bertz CT molecular complexity index is 708. The summed E-state index contributed by atoms with van der Waals surface area (Å²) in [6.07, 6.45) is 0. The fourth-order valence-electron chi connectivity index (χ4n) is 1.77. The van der Waals surface area contributed by atoms with Gasteiger partial charge in [-0.15, -0.1) is 0 Å². The van der Waals surface area contributed by atoms with Gasteiger partial charge in [-0.3, -0.25) is 4.72 Å². The lowest BCUT2D eigenvalue weighted by Crippen LogP contribution is -2.14. The molecule has 1 aromatic heterocycles. The zero-order chi connectivity index (χ0) is 15.6. The van der Waals surface area contributed by atoms with Gasteiger partial charge in [0.25, 0.3) is 15.8 Å². The first-order valence-electron chi connectivity index (χ1n) is 5.80. The number of nitrogens with one attached hydrogen (secondary N) is 1. The van der Waals surface area contributed by atoms with Crippen LogP contribution in [-0.2, 0) is 10.0 Å². The SMILES string of the molecule is Cc1noc(C)c1S(=O)(=O)Nc1ccc(SC(F)F)cc1. The molecule has 114 valence electrons. The average molecular weight is 334 g/mol. The maximum Gasteiger partial charge on any atom is 0.288 e. The molecule has 0 amide bonds. The summed E-state index contributed by atoms with van der Waals surface area (Å²) in [5, 5.41) is 3.59. The number of anilines is 1. The Labute approximate surface area is 124 Å². The molecule has 9 heteroatoms. The Morgan fingerprint density at radius 3 is 2.33 bits per heavy atom. The van der Waals surface area contributed by atoms with Crippen molar-refractivity contribution in [1.82, 2.24) is 5.16 Å². The van der Waals surface area contributed by atoms with Gasteiger partial charge in [-0.1, -0.05) is 16.9 Å². The molecule has 21 heavy (non-hydrogen) atoms. The Kier molecular flexibility index (Phi) is 4.52. The van der Waals surface area contributed by atoms with Crippen LogP contribution in [-0.4, -0.2) is 19.3 Å². The second-order valence-corrected chi connectivity index (χ2v) is 6.84. The van der Waals surface area contributed by atoms with Crippen molar-refractivity contribution >= 4 is 27.5 Å². The Hall–Kier alpha value is -1.61. The van der Waals surface area contributed by atoms with Crippen LogP contribution < -0.4 is 4.72 Å². The van der Waals surface area contributed by atoms with Crippen LogP contribution in [0, 0.1) is 13.8 Å². The van der Waals surface area contributed by atoms with Crippen molar-refractivity contribution < 1.29 is 21.7 Å². The van der Waals surface area contributed by atoms with Gasteiger partial charge in [-0.2, -0.15) is 8.78 Å². The van der Waals surface area contributed by atoms with E-state index >= 15 is 0 Å². The van der Waals surface area contributed by atoms with Gasteiger partial charge in [-0.25, -0.2) is 8.42 Å². The van der Waals surface area contributed by atoms with Crippen molar-refractivity contribution in [3.05, 3.63) is 35.7 Å². The Morgan fingerprint density at radius 1 is 1.24 bits per heavy atom. The zero-order valence-electron chi connectivity index (χ0n) is 11.1. The third-order valence-corrected chi connectivity index (χ3v) is 4.92. The summed E-state index contributed by atoms with van der Waals surface area (Å²) in [6.45, 7) is 3.02. The third-order valence-electron chi connectivity index (χ3n) is 2.57. The number of aromatic nitrogens is 1. The van der Waals surface area contributed by atoms with Crippen molar-refractivity contribution in [1.29, 1.82) is 0 Å². The van der Waals surface area contributed by atoms with Crippen LogP contribution in [0.15, 0.2) is 38.6 Å². The van der Waals surface area contributed by atoms with Crippen molar-refractivity contribution in [2.24, 2.45) is 0 Å². The second kappa shape index (κ2) is 6.02. The van der Waals surface area contributed by atoms with Crippen LogP contribution in [0.3, 0.4) is 0 Å². The van der Waals surface area contributed by atoms with E-state index in [0.29, 0.717) is 16.7 Å². The first-order chi connectivity index (χ1) is 9.79. The molecule has 2 aromatic rings. The molecule has 0 bridgehead atoms. The molecule has 1 aromatic carbocycles. The predicted molar refractivity (Wildman–Crippen MR) is 75.1 cm³/mol. The standard InChI is InChI=1S/C12H12F2N2O3S2/c1-7-11(8(2)19-15-7)21(17,18)16-9-3-5-10(6-4-9)20-12(13)14/h3-6,12,16H,1-2H3. The van der Waals surface area contributed by atoms with E-state index in [2.05, 4.69) is 9.88 Å². The summed E-state index contributed by atoms with van der Waals surface area (Å²) in [5.74, 6) is -2.33. The molecular weight excluding hydrogens is 322 g/mol. The lowest BCUT2D eigenvalue weighted by atomic mass is 10.3. The van der Waals surface area contributed by atoms with E-state index in [9.17, 15) is 17.2 Å². The monoisotopic (exact) mass is 334 g/mol. The first-order valence-corrected chi connectivity index (χ1v) is 8.16. The van der Waals surface area contributed by atoms with Gasteiger partial charge in [0, 0.05) is 10.6 Å². The van der Waals surface area contributed by atoms with E-state index in [4.69, 9.17) is 4.52 Å². The van der Waals surface area contributed by atoms with Gasteiger partial charge in [0.1, 0.15) is 5.69 Å². The lowest BCUT2D eigenvalue weighted by Gasteiger charge is -2.08. The molecule has 0 unspecified atom stereocenters. The molecule has 0 saturated heterocycles. The van der Waals surface area contributed by atoms with E-state index in [1.807, 2.05) is 0 Å². The molecule has 5 nitrogen and oxygen atoms in total. The number of alkyl halides is 2. The minimum absolute atomic E-state index is 0.0199. The van der Waals surface area contributed by atoms with Crippen molar-refractivity contribution in [3.8, 4) is 0 Å². The molecule has 0 fully saturated rings. The number of sulfonamides is 1. The molecule has 0 aliphatic carbocycles. The summed E-state index contributed by atoms with van der Waals surface area (Å²) in [6, 6.07) is 5.67. The summed E-state index contributed by atoms with van der Waals surface area (Å²) >= 11 is 0.392. The number of nitrogens with zero attached hydrogens (tertiary/aromatic N) is 1. The number of halogens is 2. The zero-order valence-corrected chi connectivity index (χ0v) is 12.8. The van der Waals surface area contributed by atoms with Crippen LogP contribution in [0.4, 0.5) is 14.5 Å². The van der Waals surface area contributed by atoms with Gasteiger partial charge < -0.3 is 4.52 Å². The summed E-state index contributed by atoms with van der Waals surface area (Å²) in [5.41, 5.74) is 0.526. The molecule has 0 spiro atoms. The van der Waals surface area contributed by atoms with Gasteiger partial charge >= 0.3 is 0 Å². The van der Waals surface area contributed by atoms with Crippen molar-refractivity contribution in [2.75, 3.05) is 4.72 Å². The largest absolute Gasteiger partial charge is 0.360 e. The van der Waals surface area contributed by atoms with E-state index in [0.717, 1.165) is 0 Å². The van der Waals surface area contributed by atoms with E-state index in [1.54, 1.807) is 0 Å². The topological polar surface area (TPSA) is 72.2 Å². The number of aryl methyl sites for hydroxylation is 2. The molecule has 1 heterocycles. The van der Waals surface area contributed by atoms with Crippen molar-refractivity contribution in [2.45, 2.75) is 29.4 Å². The molecular formula is C12H12F2N2O3S2. The highest BCUT2D eigenvalue weighted by molar-refractivity contribution is 7.99. The Balaban J connectivity index is 2.21. The number of hydrogen-bond acceptors (Lipinski definition) is 5. The highest BCUT2D eigenvalue weighted by Gasteiger charge is 2.24. The first kappa shape index (κ1) is 15.8. The highest BCUT2D eigenvalue weighted by Crippen LogP contribution is 2.27. The molecule has 0 atom stereocenters. The molecule has 1 N–H and O–H groups in total. The summed E-state index contributed by atoms with van der Waals surface area (Å²) in [4.78, 5) is 0.332. The van der Waals surface area contributed by atoms with Crippen LogP contribution in [0.1, 0.15) is 11.5 Å². The van der Waals surface area contributed by atoms with E-state index in [1.165, 1.54) is 38.1 Å². The summed E-state index contributed by atoms with van der Waals surface area (Å²) in [7, 11) is -3.83. The molecule has 0 radical (unpaired) electrons. The van der Waals surface area contributed by atoms with Gasteiger partial charge in [0.15, 0.2) is 10.7 Å². The average Bonchev–Trinajstić information content (AvgIpc) is 2.71. The smallest absolute Gasteiger partial charge is 0.288 e. The minimum Gasteiger partial charge on any atom is -0.360 e. The normalized spacial score (nSPS) is 11.9. The number of rotatable bonds is 5.